The molecule has 0 aromatic carbocycles. The van der Waals surface area contributed by atoms with Gasteiger partial charge in [0.2, 0.25) is 0 Å². The Kier molecular flexibility index (Phi) is 4.37. The van der Waals surface area contributed by atoms with Gasteiger partial charge in [-0.05, 0) is 20.8 Å². The summed E-state index contributed by atoms with van der Waals surface area (Å²) in [6, 6.07) is 0. The summed E-state index contributed by atoms with van der Waals surface area (Å²) in [4.78, 5) is 21.2. The SMILES string of the molecule is CC(C)(C)OC(=O)NCC(=O)[CH]F. The minimum atomic E-state index is -0.800. The number of Topliss-reactive ketones (excluding diaryl/α,β-unsaturated/α-hetero) is 1. The van der Waals surface area contributed by atoms with E-state index in [9.17, 15) is 14.0 Å². The molecule has 0 heterocycles. The van der Waals surface area contributed by atoms with Crippen molar-refractivity contribution in [2.75, 3.05) is 6.54 Å². The van der Waals surface area contributed by atoms with E-state index in [0.717, 1.165) is 0 Å². The Morgan fingerprint density at radius 1 is 1.46 bits per heavy atom. The van der Waals surface area contributed by atoms with Gasteiger partial charge in [-0.3, -0.25) is 4.79 Å². The number of nitrogens with one attached hydrogen (secondary N) is 1. The maximum absolute atomic E-state index is 11.5. The molecule has 1 N–H and O–H groups in total. The van der Waals surface area contributed by atoms with Crippen molar-refractivity contribution in [3.8, 4) is 0 Å². The van der Waals surface area contributed by atoms with E-state index in [4.69, 9.17) is 4.74 Å². The highest BCUT2D eigenvalue weighted by molar-refractivity contribution is 5.89. The molecule has 0 aliphatic carbocycles. The van der Waals surface area contributed by atoms with Gasteiger partial charge in [0.25, 0.3) is 0 Å². The van der Waals surface area contributed by atoms with E-state index < -0.39 is 17.5 Å². The van der Waals surface area contributed by atoms with E-state index in [-0.39, 0.29) is 13.2 Å². The molecule has 0 rings (SSSR count). The van der Waals surface area contributed by atoms with Gasteiger partial charge in [-0.15, -0.1) is 0 Å². The molecule has 13 heavy (non-hydrogen) atoms. The molecule has 1 radical (unpaired) electrons. The highest BCUT2D eigenvalue weighted by Gasteiger charge is 2.16. The number of hydrogen-bond donors (Lipinski definition) is 1. The van der Waals surface area contributed by atoms with Crippen molar-refractivity contribution in [1.82, 2.24) is 5.32 Å². The van der Waals surface area contributed by atoms with Crippen LogP contribution in [0.15, 0.2) is 0 Å². The van der Waals surface area contributed by atoms with Crippen LogP contribution in [0.1, 0.15) is 20.8 Å². The first kappa shape index (κ1) is 11.9. The molecule has 0 aliphatic heterocycles. The van der Waals surface area contributed by atoms with Gasteiger partial charge in [0.1, 0.15) is 5.60 Å². The predicted molar refractivity (Wildman–Crippen MR) is 44.7 cm³/mol. The number of ether oxygens (including phenoxy) is 1. The lowest BCUT2D eigenvalue weighted by Gasteiger charge is -2.19. The fraction of sp³-hybridized carbons (Fsp3) is 0.625. The number of ketones is 1. The number of carbonyl (C=O) groups is 2. The smallest absolute Gasteiger partial charge is 0.408 e. The third-order valence-electron chi connectivity index (χ3n) is 0.928. The normalized spacial score (nSPS) is 10.8. The van der Waals surface area contributed by atoms with E-state index in [2.05, 4.69) is 5.32 Å². The van der Waals surface area contributed by atoms with Crippen molar-refractivity contribution < 1.29 is 18.7 Å². The second-order valence-corrected chi connectivity index (χ2v) is 3.43. The van der Waals surface area contributed by atoms with Crippen LogP contribution in [-0.2, 0) is 9.53 Å². The van der Waals surface area contributed by atoms with Crippen LogP contribution in [0.3, 0.4) is 0 Å². The van der Waals surface area contributed by atoms with Gasteiger partial charge in [0.15, 0.2) is 12.5 Å². The highest BCUT2D eigenvalue weighted by Crippen LogP contribution is 2.06. The van der Waals surface area contributed by atoms with Gasteiger partial charge in [0.05, 0.1) is 6.54 Å². The van der Waals surface area contributed by atoms with Crippen LogP contribution < -0.4 is 5.32 Å². The van der Waals surface area contributed by atoms with E-state index in [1.54, 1.807) is 20.8 Å². The zero-order valence-corrected chi connectivity index (χ0v) is 7.89. The van der Waals surface area contributed by atoms with Gasteiger partial charge >= 0.3 is 6.09 Å². The van der Waals surface area contributed by atoms with E-state index in [1.807, 2.05) is 0 Å². The molecule has 75 valence electrons. The first-order valence-electron chi connectivity index (χ1n) is 3.78. The fourth-order valence-corrected chi connectivity index (χ4v) is 0.512. The summed E-state index contributed by atoms with van der Waals surface area (Å²) in [6.07, 6.45) is -0.734. The van der Waals surface area contributed by atoms with Crippen molar-refractivity contribution in [1.29, 1.82) is 0 Å². The Balaban J connectivity index is 3.71. The molecule has 0 aromatic rings. The summed E-state index contributed by atoms with van der Waals surface area (Å²) >= 11 is 0. The van der Waals surface area contributed by atoms with Crippen molar-refractivity contribution >= 4 is 11.9 Å². The van der Waals surface area contributed by atoms with Gasteiger partial charge < -0.3 is 10.1 Å². The number of carbonyl (C=O) groups excluding carboxylic acids is 2. The summed E-state index contributed by atoms with van der Waals surface area (Å²) in [5, 5.41) is 2.11. The zero-order valence-electron chi connectivity index (χ0n) is 7.89. The average molecular weight is 190 g/mol. The van der Waals surface area contributed by atoms with Crippen LogP contribution in [0, 0.1) is 6.67 Å². The molecule has 1 amide bonds. The quantitative estimate of drug-likeness (QED) is 0.727. The van der Waals surface area contributed by atoms with E-state index in [0.29, 0.717) is 0 Å². The van der Waals surface area contributed by atoms with Crippen LogP contribution in [0.2, 0.25) is 0 Å². The second kappa shape index (κ2) is 4.79. The lowest BCUT2D eigenvalue weighted by atomic mass is 10.2. The number of halogens is 1. The van der Waals surface area contributed by atoms with Crippen molar-refractivity contribution in [2.24, 2.45) is 0 Å². The van der Waals surface area contributed by atoms with Crippen LogP contribution >= 0.6 is 0 Å². The molecule has 0 unspecified atom stereocenters. The van der Waals surface area contributed by atoms with Crippen LogP contribution in [-0.4, -0.2) is 24.0 Å². The van der Waals surface area contributed by atoms with E-state index >= 15 is 0 Å². The Hall–Kier alpha value is -1.13. The molecule has 0 saturated heterocycles. The molecular weight excluding hydrogens is 177 g/mol. The maximum Gasteiger partial charge on any atom is 0.408 e. The maximum atomic E-state index is 11.5. The Morgan fingerprint density at radius 3 is 2.38 bits per heavy atom. The van der Waals surface area contributed by atoms with Gasteiger partial charge in [-0.1, -0.05) is 0 Å². The minimum Gasteiger partial charge on any atom is -0.444 e. The first-order chi connectivity index (χ1) is 5.85. The molecule has 0 fully saturated rings. The van der Waals surface area contributed by atoms with Gasteiger partial charge in [-0.2, -0.15) is 0 Å². The summed E-state index contributed by atoms with van der Waals surface area (Å²) in [7, 11) is 0. The third kappa shape index (κ3) is 7.24. The monoisotopic (exact) mass is 190 g/mol. The van der Waals surface area contributed by atoms with Crippen LogP contribution in [0.5, 0.6) is 0 Å². The standard InChI is InChI=1S/C8H13FNO3/c1-8(2,3)13-7(12)10-5-6(11)4-9/h4H,5H2,1-3H3,(H,10,12). The Morgan fingerprint density at radius 2 is 2.00 bits per heavy atom. The Labute approximate surface area is 76.4 Å². The van der Waals surface area contributed by atoms with Crippen LogP contribution in [0.4, 0.5) is 9.18 Å². The first-order valence-corrected chi connectivity index (χ1v) is 3.78. The fourth-order valence-electron chi connectivity index (χ4n) is 0.512. The predicted octanol–water partition coefficient (Wildman–Crippen LogP) is 1.21. The molecule has 5 heteroatoms. The molecule has 0 atom stereocenters. The largest absolute Gasteiger partial charge is 0.444 e. The number of amides is 1. The van der Waals surface area contributed by atoms with Crippen molar-refractivity contribution in [3.63, 3.8) is 0 Å². The Bertz CT molecular complexity index is 198. The lowest BCUT2D eigenvalue weighted by molar-refractivity contribution is -0.116. The molecule has 0 saturated carbocycles. The number of hydrogen-bond acceptors (Lipinski definition) is 3. The molecule has 0 aromatic heterocycles. The van der Waals surface area contributed by atoms with Crippen LogP contribution in [0.25, 0.3) is 0 Å². The topological polar surface area (TPSA) is 55.4 Å². The van der Waals surface area contributed by atoms with Gasteiger partial charge in [-0.25, -0.2) is 9.18 Å². The van der Waals surface area contributed by atoms with Crippen molar-refractivity contribution in [3.05, 3.63) is 6.67 Å². The minimum absolute atomic E-state index is 0.0998. The summed E-state index contributed by atoms with van der Waals surface area (Å²) in [6.45, 7) is 4.59. The molecule has 4 nitrogen and oxygen atoms in total. The molecular formula is C8H13FNO3. The summed E-state index contributed by atoms with van der Waals surface area (Å²) in [5.74, 6) is -0.800. The number of alkyl carbamates (subject to hydrolysis) is 1. The summed E-state index contributed by atoms with van der Waals surface area (Å²) in [5.41, 5.74) is -0.618. The highest BCUT2D eigenvalue weighted by atomic mass is 19.1. The third-order valence-corrected chi connectivity index (χ3v) is 0.928. The van der Waals surface area contributed by atoms with Crippen molar-refractivity contribution in [2.45, 2.75) is 26.4 Å². The molecule has 0 bridgehead atoms. The molecule has 0 aliphatic rings. The average Bonchev–Trinajstić information content (AvgIpc) is 1.97. The number of rotatable bonds is 3. The molecule has 0 spiro atoms. The van der Waals surface area contributed by atoms with Gasteiger partial charge in [0, 0.05) is 0 Å². The second-order valence-electron chi connectivity index (χ2n) is 3.43. The summed E-state index contributed by atoms with van der Waals surface area (Å²) < 4.78 is 16.3. The zero-order chi connectivity index (χ0) is 10.5. The lowest BCUT2D eigenvalue weighted by Crippen LogP contribution is -2.35. The van der Waals surface area contributed by atoms with E-state index in [1.165, 1.54) is 0 Å².